The van der Waals surface area contributed by atoms with Gasteiger partial charge < -0.3 is 33.9 Å². The summed E-state index contributed by atoms with van der Waals surface area (Å²) < 4.78 is 31.3. The van der Waals surface area contributed by atoms with Gasteiger partial charge in [-0.25, -0.2) is 9.69 Å². The normalized spacial score (nSPS) is 47.1. The zero-order valence-corrected chi connectivity index (χ0v) is 28.4. The van der Waals surface area contributed by atoms with Crippen molar-refractivity contribution in [3.63, 3.8) is 0 Å². The number of imide groups is 1. The third-order valence-electron chi connectivity index (χ3n) is 14.2. The number of benzene rings is 1. The molecule has 2 saturated heterocycles. The smallest absolute Gasteiger partial charge is 0.340 e. The zero-order chi connectivity index (χ0) is 34.0. The van der Waals surface area contributed by atoms with Crippen molar-refractivity contribution in [2.75, 3.05) is 53.0 Å². The summed E-state index contributed by atoms with van der Waals surface area (Å²) in [5.74, 6) is -2.00. The summed E-state index contributed by atoms with van der Waals surface area (Å²) in [6.45, 7) is 3.24. The van der Waals surface area contributed by atoms with E-state index in [1.54, 1.807) is 52.7 Å². The Balaban J connectivity index is 1.24. The number of anilines is 1. The quantitative estimate of drug-likeness (QED) is 0.294. The summed E-state index contributed by atoms with van der Waals surface area (Å²) in [4.78, 5) is 42.6. The molecule has 2 aliphatic heterocycles. The molecule has 2 heterocycles. The van der Waals surface area contributed by atoms with Gasteiger partial charge in [-0.15, -0.1) is 0 Å². The van der Waals surface area contributed by atoms with Gasteiger partial charge in [0, 0.05) is 82.8 Å². The van der Waals surface area contributed by atoms with Crippen LogP contribution in [0.1, 0.15) is 55.8 Å². The molecule has 12 nitrogen and oxygen atoms in total. The number of para-hydroxylation sites is 1. The second-order valence-corrected chi connectivity index (χ2v) is 15.4. The van der Waals surface area contributed by atoms with Crippen molar-refractivity contribution in [1.29, 1.82) is 0 Å². The molecule has 5 saturated carbocycles. The first-order chi connectivity index (χ1) is 23.0. The number of esters is 1. The van der Waals surface area contributed by atoms with Crippen molar-refractivity contribution < 1.29 is 48.3 Å². The maximum absolute atomic E-state index is 14.0. The number of fused-ring (bicyclic) bond motifs is 2. The molecule has 1 aromatic carbocycles. The number of nitrogens with zero attached hydrogens (tertiary/aromatic N) is 2. The van der Waals surface area contributed by atoms with Gasteiger partial charge in [0.2, 0.25) is 11.8 Å². The van der Waals surface area contributed by atoms with Gasteiger partial charge in [-0.3, -0.25) is 14.5 Å². The number of piperidine rings is 1. The minimum Gasteiger partial charge on any atom is -0.461 e. The fraction of sp³-hybridized carbons (Fsp3) is 0.750. The summed E-state index contributed by atoms with van der Waals surface area (Å²) in [5, 5.41) is 26.5. The largest absolute Gasteiger partial charge is 0.461 e. The van der Waals surface area contributed by atoms with Crippen LogP contribution in [0.15, 0.2) is 24.3 Å². The number of likely N-dealkylation sites (tertiary alicyclic amines) is 1. The van der Waals surface area contributed by atoms with Crippen molar-refractivity contribution >= 4 is 23.5 Å². The number of methoxy groups -OCH3 is 4. The van der Waals surface area contributed by atoms with Gasteiger partial charge in [0.15, 0.2) is 0 Å². The lowest BCUT2D eigenvalue weighted by Crippen LogP contribution is -2.82. The molecule has 0 radical (unpaired) electrons. The van der Waals surface area contributed by atoms with E-state index < -0.39 is 40.1 Å². The lowest BCUT2D eigenvalue weighted by Gasteiger charge is -2.70. The van der Waals surface area contributed by atoms with Crippen LogP contribution in [-0.4, -0.2) is 123 Å². The SMILES string of the molecule is CCN1C[C@]2(COC(=O)c3ccccc3N3C(=O)CCC3=O)CC[C@H](OC)[C@]34C5C[C@@H]6[C@@H](OC)C[C@@](O)(C5[C@H]6OC)C(O)(C13)[C@@H](OC)C24. The number of likely N-dealkylation sites (N-methyl/N-ethyl adjacent to an activating group) is 1. The summed E-state index contributed by atoms with van der Waals surface area (Å²) >= 11 is 0. The van der Waals surface area contributed by atoms with Crippen LogP contribution >= 0.6 is 0 Å². The van der Waals surface area contributed by atoms with Crippen LogP contribution in [-0.2, 0) is 33.3 Å². The van der Waals surface area contributed by atoms with Crippen molar-refractivity contribution in [3.05, 3.63) is 29.8 Å². The standard InChI is InChI=1S/C36H48N2O10/c1-6-37-17-33(18-48-31(41)19-9-7-8-10-22(19)38-25(39)11-12-26(38)40)14-13-24(45-3)35-21-15-20-23(44-2)16-34(42,27(21)28(20)46-4)36(43,32(35)37)30(47-5)29(33)35/h7-10,20-21,23-24,27-30,32,42-43H,6,11-18H2,1-5H3/t20-,21?,23+,24+,27?,28+,29?,30+,32?,33+,34-,35+,36?/m1/s1. The van der Waals surface area contributed by atoms with E-state index in [1.165, 1.54) is 0 Å². The zero-order valence-electron chi connectivity index (χ0n) is 28.4. The minimum absolute atomic E-state index is 0.0394. The lowest BCUT2D eigenvalue weighted by molar-refractivity contribution is -0.320. The monoisotopic (exact) mass is 668 g/mol. The summed E-state index contributed by atoms with van der Waals surface area (Å²) in [7, 11) is 6.70. The van der Waals surface area contributed by atoms with E-state index >= 15 is 0 Å². The summed E-state index contributed by atoms with van der Waals surface area (Å²) in [6.07, 6.45) is 0.951. The van der Waals surface area contributed by atoms with Crippen molar-refractivity contribution in [3.8, 4) is 0 Å². The highest BCUT2D eigenvalue weighted by Crippen LogP contribution is 2.80. The summed E-state index contributed by atoms with van der Waals surface area (Å²) in [5.41, 5.74) is -4.15. The third-order valence-corrected chi connectivity index (χ3v) is 14.2. The van der Waals surface area contributed by atoms with E-state index in [0.717, 1.165) is 11.3 Å². The Morgan fingerprint density at radius 1 is 1.00 bits per heavy atom. The van der Waals surface area contributed by atoms with Crippen LogP contribution in [0.4, 0.5) is 5.69 Å². The first kappa shape index (κ1) is 32.7. The highest BCUT2D eigenvalue weighted by Gasteiger charge is 2.91. The topological polar surface area (TPSA) is 144 Å². The van der Waals surface area contributed by atoms with Crippen LogP contribution in [0.25, 0.3) is 0 Å². The molecule has 2 amide bonds. The highest BCUT2D eigenvalue weighted by molar-refractivity contribution is 6.21. The molecule has 7 bridgehead atoms. The molecule has 2 N–H and O–H groups in total. The Bertz CT molecular complexity index is 1510. The first-order valence-corrected chi connectivity index (χ1v) is 17.5. The molecule has 12 heteroatoms. The second kappa shape index (κ2) is 11.0. The molecule has 7 aliphatic rings. The maximum atomic E-state index is 14.0. The van der Waals surface area contributed by atoms with Gasteiger partial charge >= 0.3 is 5.97 Å². The number of carbonyl (C=O) groups excluding carboxylic acids is 3. The molecule has 8 rings (SSSR count). The van der Waals surface area contributed by atoms with Crippen molar-refractivity contribution in [1.82, 2.24) is 4.90 Å². The molecule has 48 heavy (non-hydrogen) atoms. The van der Waals surface area contributed by atoms with E-state index in [1.807, 2.05) is 0 Å². The third kappa shape index (κ3) is 3.67. The minimum atomic E-state index is -1.69. The second-order valence-electron chi connectivity index (χ2n) is 15.4. The van der Waals surface area contributed by atoms with Crippen molar-refractivity contribution in [2.24, 2.45) is 34.5 Å². The number of rotatable bonds is 9. The Kier molecular flexibility index (Phi) is 7.52. The van der Waals surface area contributed by atoms with Gasteiger partial charge in [-0.1, -0.05) is 19.1 Å². The van der Waals surface area contributed by atoms with Crippen LogP contribution in [0.2, 0.25) is 0 Å². The maximum Gasteiger partial charge on any atom is 0.340 e. The van der Waals surface area contributed by atoms with E-state index in [-0.39, 0.29) is 90.9 Å². The fourth-order valence-corrected chi connectivity index (χ4v) is 13.0. The van der Waals surface area contributed by atoms with Gasteiger partial charge in [-0.05, 0) is 43.9 Å². The molecule has 13 atom stereocenters. The van der Waals surface area contributed by atoms with E-state index in [2.05, 4.69) is 11.8 Å². The molecule has 5 aliphatic carbocycles. The van der Waals surface area contributed by atoms with Gasteiger partial charge in [0.25, 0.3) is 0 Å². The number of ether oxygens (including phenoxy) is 5. The molecule has 1 aromatic rings. The molecular formula is C36H48N2O10. The molecule has 0 aromatic heterocycles. The van der Waals surface area contributed by atoms with Crippen LogP contribution in [0, 0.1) is 34.5 Å². The van der Waals surface area contributed by atoms with Gasteiger partial charge in [0.05, 0.1) is 48.3 Å². The fourth-order valence-electron chi connectivity index (χ4n) is 13.0. The average Bonchev–Trinajstić information content (AvgIpc) is 3.66. The average molecular weight is 669 g/mol. The van der Waals surface area contributed by atoms with Gasteiger partial charge in [0.1, 0.15) is 11.2 Å². The molecule has 5 unspecified atom stereocenters. The molecule has 7 fully saturated rings. The summed E-state index contributed by atoms with van der Waals surface area (Å²) in [6, 6.07) is 6.11. The predicted molar refractivity (Wildman–Crippen MR) is 170 cm³/mol. The van der Waals surface area contributed by atoms with E-state index in [0.29, 0.717) is 25.9 Å². The Morgan fingerprint density at radius 3 is 2.38 bits per heavy atom. The number of carbonyl (C=O) groups is 3. The molecule has 262 valence electrons. The molecule has 1 spiro atoms. The van der Waals surface area contributed by atoms with E-state index in [4.69, 9.17) is 23.7 Å². The van der Waals surface area contributed by atoms with Crippen LogP contribution in [0.3, 0.4) is 0 Å². The first-order valence-electron chi connectivity index (χ1n) is 17.5. The predicted octanol–water partition coefficient (Wildman–Crippen LogP) is 1.79. The van der Waals surface area contributed by atoms with Crippen molar-refractivity contribution in [2.45, 2.75) is 87.1 Å². The Morgan fingerprint density at radius 2 is 1.73 bits per heavy atom. The number of hydrogen-bond acceptors (Lipinski definition) is 11. The Labute approximate surface area is 280 Å². The van der Waals surface area contributed by atoms with E-state index in [9.17, 15) is 24.6 Å². The number of aliphatic hydroxyl groups is 2. The number of amides is 2. The van der Waals surface area contributed by atoms with Crippen LogP contribution < -0.4 is 4.90 Å². The van der Waals surface area contributed by atoms with Crippen LogP contribution in [0.5, 0.6) is 0 Å². The Hall–Kier alpha value is -2.45. The lowest BCUT2D eigenvalue weighted by atomic mass is 9.42. The highest BCUT2D eigenvalue weighted by atomic mass is 16.5. The number of hydrogen-bond donors (Lipinski definition) is 2. The molecular weight excluding hydrogens is 620 g/mol. The van der Waals surface area contributed by atoms with Gasteiger partial charge in [-0.2, -0.15) is 0 Å².